The van der Waals surface area contributed by atoms with Crippen LogP contribution < -0.4 is 5.32 Å². The number of aromatic nitrogens is 2. The average Bonchev–Trinajstić information content (AvgIpc) is 2.57. The Morgan fingerprint density at radius 3 is 3.14 bits per heavy atom. The van der Waals surface area contributed by atoms with Gasteiger partial charge in [0.05, 0.1) is 0 Å². The second-order valence-corrected chi connectivity index (χ2v) is 3.49. The van der Waals surface area contributed by atoms with Crippen LogP contribution in [-0.2, 0) is 0 Å². The summed E-state index contributed by atoms with van der Waals surface area (Å²) in [5, 5.41) is 4.03. The van der Waals surface area contributed by atoms with Crippen molar-refractivity contribution in [3.05, 3.63) is 31.0 Å². The molecule has 0 saturated heterocycles. The lowest BCUT2D eigenvalue weighted by molar-refractivity contribution is 1.30. The number of rotatable bonds is 3. The minimum Gasteiger partial charge on any atom is -0.358 e. The summed E-state index contributed by atoms with van der Waals surface area (Å²) in [4.78, 5) is 9.51. The van der Waals surface area contributed by atoms with Gasteiger partial charge >= 0.3 is 0 Å². The quantitative estimate of drug-likeness (QED) is 0.820. The van der Waals surface area contributed by atoms with E-state index in [-0.39, 0.29) is 12.4 Å². The first-order chi connectivity index (χ1) is 6.40. The number of fused-ring (bicyclic) bond motifs is 1. The minimum atomic E-state index is 0. The Labute approximate surface area is 92.3 Å². The van der Waals surface area contributed by atoms with Crippen molar-refractivity contribution < 1.29 is 0 Å². The van der Waals surface area contributed by atoms with Crippen molar-refractivity contribution in [2.75, 3.05) is 11.9 Å². The number of pyridine rings is 1. The Kier molecular flexibility index (Phi) is 3.85. The molecule has 0 aliphatic rings. The van der Waals surface area contributed by atoms with Gasteiger partial charge < -0.3 is 5.32 Å². The molecule has 0 aromatic carbocycles. The summed E-state index contributed by atoms with van der Waals surface area (Å²) in [5.74, 6) is 0. The van der Waals surface area contributed by atoms with Crippen molar-refractivity contribution in [3.8, 4) is 0 Å². The van der Waals surface area contributed by atoms with Crippen molar-refractivity contribution in [1.29, 1.82) is 0 Å². The van der Waals surface area contributed by atoms with E-state index in [2.05, 4.69) is 21.9 Å². The summed E-state index contributed by atoms with van der Waals surface area (Å²) in [6.07, 6.45) is 3.58. The van der Waals surface area contributed by atoms with Crippen molar-refractivity contribution in [2.24, 2.45) is 0 Å². The molecule has 2 aromatic heterocycles. The summed E-state index contributed by atoms with van der Waals surface area (Å²) in [5.41, 5.74) is 0.944. The Morgan fingerprint density at radius 2 is 2.43 bits per heavy atom. The van der Waals surface area contributed by atoms with Gasteiger partial charge in [-0.1, -0.05) is 17.4 Å². The molecule has 2 rings (SSSR count). The lowest BCUT2D eigenvalue weighted by Crippen LogP contribution is -1.95. The average molecular weight is 228 g/mol. The van der Waals surface area contributed by atoms with E-state index in [1.54, 1.807) is 23.6 Å². The second kappa shape index (κ2) is 4.93. The van der Waals surface area contributed by atoms with Crippen molar-refractivity contribution in [2.45, 2.75) is 0 Å². The van der Waals surface area contributed by atoms with Gasteiger partial charge in [0.15, 0.2) is 5.13 Å². The number of anilines is 1. The fraction of sp³-hybridized carbons (Fsp3) is 0.111. The second-order valence-electron chi connectivity index (χ2n) is 2.52. The zero-order chi connectivity index (χ0) is 9.10. The first-order valence-electron chi connectivity index (χ1n) is 3.96. The van der Waals surface area contributed by atoms with Gasteiger partial charge in [0.25, 0.3) is 0 Å². The Balaban J connectivity index is 0.000000980. The zero-order valence-corrected chi connectivity index (χ0v) is 9.07. The lowest BCUT2D eigenvalue weighted by atomic mass is 10.5. The SMILES string of the molecule is C=CCNc1nc2cccnc2s1.Cl. The zero-order valence-electron chi connectivity index (χ0n) is 7.43. The van der Waals surface area contributed by atoms with Crippen LogP contribution in [0.2, 0.25) is 0 Å². The summed E-state index contributed by atoms with van der Waals surface area (Å²) >= 11 is 1.56. The first kappa shape index (κ1) is 10.9. The molecule has 0 bridgehead atoms. The molecule has 3 nitrogen and oxygen atoms in total. The Morgan fingerprint density at radius 1 is 1.57 bits per heavy atom. The van der Waals surface area contributed by atoms with E-state index in [0.29, 0.717) is 0 Å². The highest BCUT2D eigenvalue weighted by atomic mass is 35.5. The van der Waals surface area contributed by atoms with Crippen molar-refractivity contribution in [3.63, 3.8) is 0 Å². The van der Waals surface area contributed by atoms with Crippen molar-refractivity contribution >= 4 is 39.2 Å². The lowest BCUT2D eigenvalue weighted by Gasteiger charge is -1.93. The molecule has 2 aromatic rings. The maximum atomic E-state index is 4.35. The van der Waals surface area contributed by atoms with Crippen LogP contribution in [0.5, 0.6) is 0 Å². The number of thiazole rings is 1. The van der Waals surface area contributed by atoms with Gasteiger partial charge in [0.1, 0.15) is 10.3 Å². The van der Waals surface area contributed by atoms with Gasteiger partial charge in [-0.25, -0.2) is 9.97 Å². The molecule has 1 N–H and O–H groups in total. The third kappa shape index (κ3) is 2.21. The van der Waals surface area contributed by atoms with Crippen LogP contribution in [0.1, 0.15) is 0 Å². The highest BCUT2D eigenvalue weighted by molar-refractivity contribution is 7.21. The number of nitrogens with zero attached hydrogens (tertiary/aromatic N) is 2. The molecule has 0 fully saturated rings. The van der Waals surface area contributed by atoms with Crippen LogP contribution >= 0.6 is 23.7 Å². The number of nitrogens with one attached hydrogen (secondary N) is 1. The number of hydrogen-bond donors (Lipinski definition) is 1. The van der Waals surface area contributed by atoms with Gasteiger partial charge in [0.2, 0.25) is 0 Å². The molecular formula is C9H10ClN3S. The largest absolute Gasteiger partial charge is 0.358 e. The van der Waals surface area contributed by atoms with E-state index in [1.807, 2.05) is 12.1 Å². The topological polar surface area (TPSA) is 37.8 Å². The van der Waals surface area contributed by atoms with E-state index in [9.17, 15) is 0 Å². The van der Waals surface area contributed by atoms with E-state index >= 15 is 0 Å². The summed E-state index contributed by atoms with van der Waals surface area (Å²) in [6.45, 7) is 4.36. The van der Waals surface area contributed by atoms with Gasteiger partial charge in [-0.05, 0) is 12.1 Å². The standard InChI is InChI=1S/C9H9N3S.ClH/c1-2-5-11-9-12-7-4-3-6-10-8(7)13-9;/h2-4,6H,1,5H2,(H,11,12);1H. The van der Waals surface area contributed by atoms with Gasteiger partial charge in [-0.2, -0.15) is 0 Å². The minimum absolute atomic E-state index is 0. The molecule has 0 aliphatic carbocycles. The molecule has 5 heteroatoms. The van der Waals surface area contributed by atoms with Crippen LogP contribution in [0.25, 0.3) is 10.3 Å². The molecule has 0 atom stereocenters. The third-order valence-corrected chi connectivity index (χ3v) is 2.50. The van der Waals surface area contributed by atoms with Gasteiger partial charge in [-0.15, -0.1) is 19.0 Å². The molecule has 2 heterocycles. The molecule has 0 aliphatic heterocycles. The smallest absolute Gasteiger partial charge is 0.185 e. The van der Waals surface area contributed by atoms with E-state index in [4.69, 9.17) is 0 Å². The van der Waals surface area contributed by atoms with E-state index in [1.165, 1.54) is 0 Å². The monoisotopic (exact) mass is 227 g/mol. The fourth-order valence-electron chi connectivity index (χ4n) is 1.00. The molecule has 0 spiro atoms. The normalized spacial score (nSPS) is 9.43. The molecule has 74 valence electrons. The molecule has 0 radical (unpaired) electrons. The van der Waals surface area contributed by atoms with Crippen LogP contribution in [0.4, 0.5) is 5.13 Å². The van der Waals surface area contributed by atoms with Gasteiger partial charge in [-0.3, -0.25) is 0 Å². The predicted octanol–water partition coefficient (Wildman–Crippen LogP) is 2.71. The van der Waals surface area contributed by atoms with Crippen LogP contribution in [-0.4, -0.2) is 16.5 Å². The maximum Gasteiger partial charge on any atom is 0.185 e. The van der Waals surface area contributed by atoms with Crippen LogP contribution in [0.15, 0.2) is 31.0 Å². The molecule has 14 heavy (non-hydrogen) atoms. The van der Waals surface area contributed by atoms with Crippen LogP contribution in [0, 0.1) is 0 Å². The number of hydrogen-bond acceptors (Lipinski definition) is 4. The molecule has 0 saturated carbocycles. The van der Waals surface area contributed by atoms with Crippen molar-refractivity contribution in [1.82, 2.24) is 9.97 Å². The Hall–Kier alpha value is -1.13. The summed E-state index contributed by atoms with van der Waals surface area (Å²) < 4.78 is 0. The fourth-order valence-corrected chi connectivity index (χ4v) is 1.82. The maximum absolute atomic E-state index is 4.35. The highest BCUT2D eigenvalue weighted by Gasteiger charge is 2.01. The summed E-state index contributed by atoms with van der Waals surface area (Å²) in [7, 11) is 0. The predicted molar refractivity (Wildman–Crippen MR) is 63.3 cm³/mol. The molecule has 0 unspecified atom stereocenters. The Bertz CT molecular complexity index is 394. The first-order valence-corrected chi connectivity index (χ1v) is 4.78. The van der Waals surface area contributed by atoms with Gasteiger partial charge in [0, 0.05) is 12.7 Å². The number of halogens is 1. The molecular weight excluding hydrogens is 218 g/mol. The highest BCUT2D eigenvalue weighted by Crippen LogP contribution is 2.22. The van der Waals surface area contributed by atoms with E-state index < -0.39 is 0 Å². The van der Waals surface area contributed by atoms with Crippen LogP contribution in [0.3, 0.4) is 0 Å². The third-order valence-electron chi connectivity index (χ3n) is 1.56. The molecule has 0 amide bonds. The summed E-state index contributed by atoms with van der Waals surface area (Å²) in [6, 6.07) is 3.84. The van der Waals surface area contributed by atoms with E-state index in [0.717, 1.165) is 22.0 Å².